The molecule has 0 spiro atoms. The van der Waals surface area contributed by atoms with Crippen LogP contribution in [0, 0.1) is 0 Å². The van der Waals surface area contributed by atoms with Crippen LogP contribution < -0.4 is 0 Å². The Hall–Kier alpha value is -2.39. The van der Waals surface area contributed by atoms with Gasteiger partial charge in [0.05, 0.1) is 10.5 Å². The Morgan fingerprint density at radius 3 is 2.11 bits per heavy atom. The van der Waals surface area contributed by atoms with Gasteiger partial charge in [-0.1, -0.05) is 24.3 Å². The maximum Gasteiger partial charge on any atom is 0.416 e. The molecule has 9 heteroatoms. The fraction of sp³-hybridized carbons (Fsp3) is 0.278. The van der Waals surface area contributed by atoms with E-state index in [1.165, 1.54) is 4.90 Å². The van der Waals surface area contributed by atoms with E-state index in [1.54, 1.807) is 30.3 Å². The zero-order valence-electron chi connectivity index (χ0n) is 14.2. The number of halogens is 3. The number of carbonyl (C=O) groups is 1. The first-order chi connectivity index (χ1) is 12.7. The molecule has 2 aromatic carbocycles. The first kappa shape index (κ1) is 19.4. The van der Waals surface area contributed by atoms with Gasteiger partial charge in [0.15, 0.2) is 0 Å². The standard InChI is InChI=1S/C18H17F3N2O3S/c19-18(20,21)15-7-4-8-16(13-15)27(25,26)23-11-9-22(10-12-23)17(24)14-5-2-1-3-6-14/h1-8,13H,9-12H2. The molecule has 1 heterocycles. The molecule has 0 radical (unpaired) electrons. The molecule has 144 valence electrons. The molecular weight excluding hydrogens is 381 g/mol. The lowest BCUT2D eigenvalue weighted by Gasteiger charge is -2.34. The van der Waals surface area contributed by atoms with Crippen LogP contribution in [-0.4, -0.2) is 49.7 Å². The molecular formula is C18H17F3N2O3S. The maximum atomic E-state index is 12.8. The Labute approximate surface area is 155 Å². The summed E-state index contributed by atoms with van der Waals surface area (Å²) < 4.78 is 65.0. The zero-order valence-corrected chi connectivity index (χ0v) is 15.0. The van der Waals surface area contributed by atoms with E-state index >= 15 is 0 Å². The largest absolute Gasteiger partial charge is 0.416 e. The summed E-state index contributed by atoms with van der Waals surface area (Å²) in [5.74, 6) is -0.202. The number of sulfonamides is 1. The molecule has 0 atom stereocenters. The minimum Gasteiger partial charge on any atom is -0.336 e. The molecule has 27 heavy (non-hydrogen) atoms. The molecule has 0 bridgehead atoms. The van der Waals surface area contributed by atoms with Crippen LogP contribution in [0.3, 0.4) is 0 Å². The first-order valence-electron chi connectivity index (χ1n) is 8.21. The number of nitrogens with zero attached hydrogens (tertiary/aromatic N) is 2. The molecule has 0 N–H and O–H groups in total. The predicted octanol–water partition coefficient (Wildman–Crippen LogP) is 2.85. The van der Waals surface area contributed by atoms with Crippen molar-refractivity contribution in [1.82, 2.24) is 9.21 Å². The Morgan fingerprint density at radius 1 is 0.889 bits per heavy atom. The molecule has 5 nitrogen and oxygen atoms in total. The number of alkyl halides is 3. The van der Waals surface area contributed by atoms with Crippen LogP contribution >= 0.6 is 0 Å². The number of hydrogen-bond acceptors (Lipinski definition) is 3. The molecule has 3 rings (SSSR count). The average Bonchev–Trinajstić information content (AvgIpc) is 2.67. The smallest absolute Gasteiger partial charge is 0.336 e. The van der Waals surface area contributed by atoms with Crippen molar-refractivity contribution >= 4 is 15.9 Å². The van der Waals surface area contributed by atoms with Crippen molar-refractivity contribution in [3.63, 3.8) is 0 Å². The molecule has 0 aromatic heterocycles. The summed E-state index contributed by atoms with van der Waals surface area (Å²) in [6.45, 7) is 0.395. The average molecular weight is 398 g/mol. The van der Waals surface area contributed by atoms with Crippen molar-refractivity contribution in [2.45, 2.75) is 11.1 Å². The van der Waals surface area contributed by atoms with Crippen molar-refractivity contribution in [3.8, 4) is 0 Å². The lowest BCUT2D eigenvalue weighted by Crippen LogP contribution is -2.50. The predicted molar refractivity (Wildman–Crippen MR) is 92.5 cm³/mol. The van der Waals surface area contributed by atoms with E-state index in [0.29, 0.717) is 11.6 Å². The van der Waals surface area contributed by atoms with E-state index in [2.05, 4.69) is 0 Å². The Kier molecular flexibility index (Phi) is 5.25. The van der Waals surface area contributed by atoms with Gasteiger partial charge in [0.2, 0.25) is 10.0 Å². The van der Waals surface area contributed by atoms with Gasteiger partial charge in [0.25, 0.3) is 5.91 Å². The monoisotopic (exact) mass is 398 g/mol. The van der Waals surface area contributed by atoms with Crippen LogP contribution in [0.1, 0.15) is 15.9 Å². The van der Waals surface area contributed by atoms with Gasteiger partial charge in [-0.2, -0.15) is 17.5 Å². The van der Waals surface area contributed by atoms with Crippen molar-refractivity contribution in [1.29, 1.82) is 0 Å². The quantitative estimate of drug-likeness (QED) is 0.799. The fourth-order valence-electron chi connectivity index (χ4n) is 2.88. The van der Waals surface area contributed by atoms with Gasteiger partial charge in [-0.15, -0.1) is 0 Å². The number of hydrogen-bond donors (Lipinski definition) is 0. The number of benzene rings is 2. The highest BCUT2D eigenvalue weighted by Crippen LogP contribution is 2.31. The van der Waals surface area contributed by atoms with Crippen molar-refractivity contribution in [2.75, 3.05) is 26.2 Å². The number of amides is 1. The molecule has 0 unspecified atom stereocenters. The van der Waals surface area contributed by atoms with Crippen LogP contribution in [0.5, 0.6) is 0 Å². The molecule has 0 aliphatic carbocycles. The summed E-state index contributed by atoms with van der Waals surface area (Å²) in [5, 5.41) is 0. The number of piperazine rings is 1. The SMILES string of the molecule is O=C(c1ccccc1)N1CCN(S(=O)(=O)c2cccc(C(F)(F)F)c2)CC1. The molecule has 1 aliphatic rings. The van der Waals surface area contributed by atoms with Crippen molar-refractivity contribution < 1.29 is 26.4 Å². The highest BCUT2D eigenvalue weighted by atomic mass is 32.2. The highest BCUT2D eigenvalue weighted by molar-refractivity contribution is 7.89. The Morgan fingerprint density at radius 2 is 1.52 bits per heavy atom. The molecule has 1 aliphatic heterocycles. The third-order valence-electron chi connectivity index (χ3n) is 4.35. The molecule has 1 saturated heterocycles. The number of carbonyl (C=O) groups excluding carboxylic acids is 1. The van der Waals surface area contributed by atoms with Crippen LogP contribution in [0.2, 0.25) is 0 Å². The second-order valence-corrected chi connectivity index (χ2v) is 8.03. The maximum absolute atomic E-state index is 12.8. The van der Waals surface area contributed by atoms with Crippen molar-refractivity contribution in [3.05, 3.63) is 65.7 Å². The molecule has 0 saturated carbocycles. The highest BCUT2D eigenvalue weighted by Gasteiger charge is 2.34. The Bertz CT molecular complexity index is 922. The Balaban J connectivity index is 1.73. The zero-order chi connectivity index (χ0) is 19.7. The van der Waals surface area contributed by atoms with Crippen LogP contribution in [0.4, 0.5) is 13.2 Å². The second kappa shape index (κ2) is 7.32. The normalized spacial score (nSPS) is 16.3. The third-order valence-corrected chi connectivity index (χ3v) is 6.24. The lowest BCUT2D eigenvalue weighted by atomic mass is 10.2. The summed E-state index contributed by atoms with van der Waals surface area (Å²) in [6.07, 6.45) is -4.62. The van der Waals surface area contributed by atoms with E-state index < -0.39 is 26.7 Å². The van der Waals surface area contributed by atoms with E-state index in [9.17, 15) is 26.4 Å². The minimum absolute atomic E-state index is 0.0250. The molecule has 1 fully saturated rings. The minimum atomic E-state index is -4.62. The van der Waals surface area contributed by atoms with Gasteiger partial charge in [-0.3, -0.25) is 4.79 Å². The summed E-state index contributed by atoms with van der Waals surface area (Å²) in [5.41, 5.74) is -0.506. The van der Waals surface area contributed by atoms with Gasteiger partial charge in [0, 0.05) is 31.7 Å². The summed E-state index contributed by atoms with van der Waals surface area (Å²) in [4.78, 5) is 13.5. The van der Waals surface area contributed by atoms with E-state index in [-0.39, 0.29) is 32.1 Å². The van der Waals surface area contributed by atoms with Gasteiger partial charge in [-0.25, -0.2) is 8.42 Å². The van der Waals surface area contributed by atoms with E-state index in [1.807, 2.05) is 0 Å². The second-order valence-electron chi connectivity index (χ2n) is 6.09. The summed E-state index contributed by atoms with van der Waals surface area (Å²) >= 11 is 0. The van der Waals surface area contributed by atoms with E-state index in [0.717, 1.165) is 22.5 Å². The number of rotatable bonds is 3. The van der Waals surface area contributed by atoms with E-state index in [4.69, 9.17) is 0 Å². The van der Waals surface area contributed by atoms with Crippen molar-refractivity contribution in [2.24, 2.45) is 0 Å². The third kappa shape index (κ3) is 4.14. The van der Waals surface area contributed by atoms with Gasteiger partial charge < -0.3 is 4.90 Å². The lowest BCUT2D eigenvalue weighted by molar-refractivity contribution is -0.137. The van der Waals surface area contributed by atoms with Crippen LogP contribution in [0.25, 0.3) is 0 Å². The van der Waals surface area contributed by atoms with Gasteiger partial charge >= 0.3 is 6.18 Å². The van der Waals surface area contributed by atoms with Gasteiger partial charge in [-0.05, 0) is 30.3 Å². The fourth-order valence-corrected chi connectivity index (χ4v) is 4.35. The molecule has 1 amide bonds. The summed E-state index contributed by atoms with van der Waals surface area (Å²) in [6, 6.07) is 12.3. The first-order valence-corrected chi connectivity index (χ1v) is 9.65. The van der Waals surface area contributed by atoms with Crippen LogP contribution in [-0.2, 0) is 16.2 Å². The van der Waals surface area contributed by atoms with Gasteiger partial charge in [0.1, 0.15) is 0 Å². The topological polar surface area (TPSA) is 57.7 Å². The summed E-state index contributed by atoms with van der Waals surface area (Å²) in [7, 11) is -4.06. The van der Waals surface area contributed by atoms with Crippen LogP contribution in [0.15, 0.2) is 59.5 Å². The molecule has 2 aromatic rings.